The fourth-order valence-corrected chi connectivity index (χ4v) is 8.99. The minimum Gasteiger partial charge on any atom is -0.394 e. The van der Waals surface area contributed by atoms with E-state index < -0.39 is 5.69 Å². The van der Waals surface area contributed by atoms with Crippen molar-refractivity contribution in [1.29, 1.82) is 0 Å². The number of aliphatic hydroxyl groups excluding tert-OH is 1. The number of nitrogen functional groups attached to an aromatic ring is 4. The highest BCUT2D eigenvalue weighted by Gasteiger charge is 2.24. The summed E-state index contributed by atoms with van der Waals surface area (Å²) in [5.74, 6) is 0.697. The van der Waals surface area contributed by atoms with Gasteiger partial charge < -0.3 is 93.8 Å². The number of aliphatic hydroxyl groups is 1. The first-order chi connectivity index (χ1) is 46.3. The molecule has 0 bridgehead atoms. The summed E-state index contributed by atoms with van der Waals surface area (Å²) in [5.41, 5.74) is 22.6. The first-order valence-electron chi connectivity index (χ1n) is 34.0. The summed E-state index contributed by atoms with van der Waals surface area (Å²) >= 11 is 0. The summed E-state index contributed by atoms with van der Waals surface area (Å²) in [7, 11) is 0. The molecule has 7 atom stereocenters. The van der Waals surface area contributed by atoms with Crippen LogP contribution in [0.3, 0.4) is 0 Å². The van der Waals surface area contributed by atoms with E-state index in [-0.39, 0.29) is 156 Å². The number of hydrogen-bond acceptors (Lipinski definition) is 26. The molecule has 32 heteroatoms. The largest absolute Gasteiger partial charge is 0.394 e. The van der Waals surface area contributed by atoms with Gasteiger partial charge in [-0.25, -0.2) is 19.6 Å². The van der Waals surface area contributed by atoms with Crippen molar-refractivity contribution >= 4 is 45.9 Å². The zero-order valence-electron chi connectivity index (χ0n) is 62.7. The standard InChI is InChI=1S/2C14H23N5O3.2C13H23N3O3.C13H28O4/c1-8(2)21-6-10(22-9(3)4)5-19-7-16-11-12(19)17-14(15)18-13(11)20;1-8(2)21-6-10(22-9(3)4)5-19-7-16-11-12(15)17-14(20)18-13(11)19;1-9(2)18-8-11(19-10(3)4)7-16-6-5-12(17)15-13(16)14;1-9(2)18-8-11(19-10(3)4)7-16-6-5-12(14)15-13(16)17;1-9(2)15-8-13(17-11(5)7-14)12(6)16-10(3)4/h2*7-10H,5-6H2,1-4H3,(H3,15,17,18,20);2*5-6,9-11H,7-8H2,1-4H3,(H2,14,15,17);9-14H,7-8H2,1-6H3/t;;;;11-,12?,13-/m....0/s1. The van der Waals surface area contributed by atoms with E-state index >= 15 is 0 Å². The molecule has 0 aliphatic rings. The highest BCUT2D eigenvalue weighted by Crippen LogP contribution is 2.17. The van der Waals surface area contributed by atoms with Gasteiger partial charge >= 0.3 is 11.4 Å². The number of nitrogens with two attached hydrogens (primary N) is 4. The number of hydrogen-bond donors (Lipinski definition) is 7. The molecule has 0 aliphatic heterocycles. The Balaban J connectivity index is 0.000000423. The van der Waals surface area contributed by atoms with Crippen molar-refractivity contribution in [1.82, 2.24) is 58.1 Å². The predicted molar refractivity (Wildman–Crippen MR) is 384 cm³/mol. The monoisotopic (exact) mass is 1400 g/mol. The molecule has 6 aromatic heterocycles. The quantitative estimate of drug-likeness (QED) is 0.0238. The van der Waals surface area contributed by atoms with Crippen LogP contribution in [-0.2, 0) is 78.3 Å². The van der Waals surface area contributed by atoms with Gasteiger partial charge in [0.25, 0.3) is 11.1 Å². The van der Waals surface area contributed by atoms with Gasteiger partial charge in [0, 0.05) is 18.5 Å². The van der Waals surface area contributed by atoms with Crippen molar-refractivity contribution < 1.29 is 57.2 Å². The molecule has 0 saturated carbocycles. The zero-order valence-corrected chi connectivity index (χ0v) is 62.7. The van der Waals surface area contributed by atoms with Gasteiger partial charge in [0.05, 0.1) is 176 Å². The van der Waals surface area contributed by atoms with Gasteiger partial charge in [0.2, 0.25) is 11.9 Å². The lowest BCUT2D eigenvalue weighted by atomic mass is 10.2. The average Bonchev–Trinajstić information content (AvgIpc) is 1.68. The normalized spacial score (nSPS) is 14.0. The molecule has 32 nitrogen and oxygen atoms in total. The van der Waals surface area contributed by atoms with E-state index in [4.69, 9.17) is 80.1 Å². The lowest BCUT2D eigenvalue weighted by molar-refractivity contribution is -0.143. The van der Waals surface area contributed by atoms with Crippen LogP contribution in [-0.4, -0.2) is 207 Å². The van der Waals surface area contributed by atoms with Gasteiger partial charge in [0.1, 0.15) is 23.3 Å². The fraction of sp³-hybridized carbons (Fsp3) is 0.731. The number of aromatic amines is 2. The van der Waals surface area contributed by atoms with E-state index in [1.54, 1.807) is 44.8 Å². The average molecular weight is 1410 g/mol. The Hall–Kier alpha value is -6.82. The summed E-state index contributed by atoms with van der Waals surface area (Å²) in [6.07, 6.45) is 6.48. The number of rotatable bonds is 37. The van der Waals surface area contributed by atoms with Crippen LogP contribution in [0.2, 0.25) is 0 Å². The maximum absolute atomic E-state index is 11.8. The summed E-state index contributed by atoms with van der Waals surface area (Å²) in [5, 5.41) is 9.02. The zero-order chi connectivity index (χ0) is 74.8. The lowest BCUT2D eigenvalue weighted by Crippen LogP contribution is -2.38. The van der Waals surface area contributed by atoms with E-state index in [1.165, 1.54) is 10.6 Å². The second kappa shape index (κ2) is 45.8. The number of nitrogens with zero attached hydrogens (tertiary/aromatic N) is 10. The third-order valence-corrected chi connectivity index (χ3v) is 13.0. The summed E-state index contributed by atoms with van der Waals surface area (Å²) in [6, 6.07) is 2.98. The van der Waals surface area contributed by atoms with Crippen LogP contribution in [0.15, 0.2) is 56.4 Å². The van der Waals surface area contributed by atoms with Gasteiger partial charge in [-0.05, 0) is 158 Å². The predicted octanol–water partition coefficient (Wildman–Crippen LogP) is 5.92. The number of fused-ring (bicyclic) bond motifs is 2. The van der Waals surface area contributed by atoms with Crippen molar-refractivity contribution in [3.63, 3.8) is 0 Å². The smallest absolute Gasteiger partial charge is 0.349 e. The topological polar surface area (TPSA) is 423 Å². The fourth-order valence-electron chi connectivity index (χ4n) is 8.99. The van der Waals surface area contributed by atoms with Gasteiger partial charge in [0.15, 0.2) is 16.8 Å². The highest BCUT2D eigenvalue weighted by atomic mass is 16.6. The molecule has 0 saturated heterocycles. The Labute approximate surface area is 582 Å². The van der Waals surface area contributed by atoms with Crippen LogP contribution in [0.25, 0.3) is 22.3 Å². The number of ether oxygens (including phenoxy) is 11. The Kier molecular flexibility index (Phi) is 40.9. The molecule has 11 N–H and O–H groups in total. The Morgan fingerprint density at radius 2 is 0.828 bits per heavy atom. The Morgan fingerprint density at radius 3 is 1.23 bits per heavy atom. The molecule has 6 aromatic rings. The maximum Gasteiger partial charge on any atom is 0.349 e. The maximum atomic E-state index is 11.8. The van der Waals surface area contributed by atoms with Crippen LogP contribution in [0, 0.1) is 0 Å². The molecule has 0 spiro atoms. The summed E-state index contributed by atoms with van der Waals surface area (Å²) in [6.45, 7) is 47.4. The van der Waals surface area contributed by atoms with E-state index in [2.05, 4.69) is 39.9 Å². The van der Waals surface area contributed by atoms with Crippen LogP contribution >= 0.6 is 0 Å². The van der Waals surface area contributed by atoms with E-state index in [0.29, 0.717) is 76.0 Å². The molecule has 6 rings (SSSR count). The molecular weight excluding hydrogens is 1280 g/mol. The van der Waals surface area contributed by atoms with Gasteiger partial charge in [-0.2, -0.15) is 19.9 Å². The van der Waals surface area contributed by atoms with Crippen molar-refractivity contribution in [2.24, 2.45) is 0 Å². The van der Waals surface area contributed by atoms with Gasteiger partial charge in [-0.15, -0.1) is 0 Å². The van der Waals surface area contributed by atoms with Crippen molar-refractivity contribution in [2.75, 3.05) is 62.6 Å². The summed E-state index contributed by atoms with van der Waals surface area (Å²) < 4.78 is 69.4. The van der Waals surface area contributed by atoms with Crippen LogP contribution < -0.4 is 45.4 Å². The SMILES string of the molecule is CC(C)OCC(Cn1ccc(=O)nc1N)OC(C)C.CC(C)OCC(Cn1ccc(N)nc1=O)OC(C)C.CC(C)OCC(Cn1cnc2c(=O)[nH]c(N)nc21)OC(C)C.CC(C)OCC(Cn1cnc2c(N)[nH]c(=O)nc21)OC(C)C.CC(C)OC[C@H](O[C@@H](C)CO)C(C)OC(C)C. The van der Waals surface area contributed by atoms with Crippen LogP contribution in [0.5, 0.6) is 0 Å². The van der Waals surface area contributed by atoms with Crippen LogP contribution in [0.4, 0.5) is 23.5 Å². The molecular formula is C67H120N16O16. The molecule has 6 heterocycles. The molecule has 0 aromatic carbocycles. The van der Waals surface area contributed by atoms with Gasteiger partial charge in [-0.3, -0.25) is 24.1 Å². The van der Waals surface area contributed by atoms with E-state index in [9.17, 15) is 19.2 Å². The van der Waals surface area contributed by atoms with Crippen molar-refractivity contribution in [2.45, 2.75) is 282 Å². The molecule has 0 fully saturated rings. The molecule has 564 valence electrons. The van der Waals surface area contributed by atoms with Crippen molar-refractivity contribution in [3.05, 3.63) is 78.9 Å². The highest BCUT2D eigenvalue weighted by molar-refractivity contribution is 5.81. The van der Waals surface area contributed by atoms with E-state index in [0.717, 1.165) is 0 Å². The molecule has 0 radical (unpaired) electrons. The molecule has 0 amide bonds. The first kappa shape index (κ1) is 88.3. The second-order valence-electron chi connectivity index (χ2n) is 26.3. The minimum absolute atomic E-state index is 0.00652. The molecule has 0 aliphatic carbocycles. The Bertz CT molecular complexity index is 3390. The van der Waals surface area contributed by atoms with E-state index in [1.807, 2.05) is 152 Å². The first-order valence-corrected chi connectivity index (χ1v) is 34.0. The third kappa shape index (κ3) is 36.9. The minimum atomic E-state index is -0.494. The summed E-state index contributed by atoms with van der Waals surface area (Å²) in [4.78, 5) is 74.6. The van der Waals surface area contributed by atoms with Gasteiger partial charge in [-0.1, -0.05) is 0 Å². The number of H-pyrrole nitrogens is 2. The number of aromatic nitrogens is 12. The lowest BCUT2D eigenvalue weighted by Gasteiger charge is -2.28. The second-order valence-corrected chi connectivity index (χ2v) is 26.3. The molecule has 99 heavy (non-hydrogen) atoms. The number of nitrogens with one attached hydrogen (secondary N) is 2. The number of imidazole rings is 2. The molecule has 5 unspecified atom stereocenters. The number of anilines is 4. The third-order valence-electron chi connectivity index (χ3n) is 13.0. The Morgan fingerprint density at radius 1 is 0.434 bits per heavy atom. The van der Waals surface area contributed by atoms with Crippen LogP contribution in [0.1, 0.15) is 152 Å². The van der Waals surface area contributed by atoms with Crippen molar-refractivity contribution in [3.8, 4) is 0 Å².